The van der Waals surface area contributed by atoms with Crippen LogP contribution in [-0.2, 0) is 11.2 Å². The minimum Gasteiger partial charge on any atom is -0.367 e. The van der Waals surface area contributed by atoms with Crippen molar-refractivity contribution >= 4 is 11.9 Å². The lowest BCUT2D eigenvalue weighted by atomic mass is 9.94. The van der Waals surface area contributed by atoms with Gasteiger partial charge in [-0.2, -0.15) is 4.98 Å². The van der Waals surface area contributed by atoms with Crippen LogP contribution in [0, 0.1) is 5.82 Å². The Bertz CT molecular complexity index is 669. The SMILES string of the molecule is Nc1n[nH]c(CCC(=O)N2CCCCC2c2ccc(F)cc2)n1. The number of nitrogens with zero attached hydrogens (tertiary/aromatic N) is 3. The Balaban J connectivity index is 1.67. The van der Waals surface area contributed by atoms with Gasteiger partial charge in [-0.25, -0.2) is 4.39 Å². The van der Waals surface area contributed by atoms with Gasteiger partial charge in [-0.15, -0.1) is 5.10 Å². The second kappa shape index (κ2) is 6.76. The van der Waals surface area contributed by atoms with Crippen LogP contribution in [0.5, 0.6) is 0 Å². The lowest BCUT2D eigenvalue weighted by Gasteiger charge is -2.36. The Morgan fingerprint density at radius 2 is 2.13 bits per heavy atom. The summed E-state index contributed by atoms with van der Waals surface area (Å²) >= 11 is 0. The second-order valence-electron chi connectivity index (χ2n) is 5.79. The van der Waals surface area contributed by atoms with E-state index in [-0.39, 0.29) is 23.7 Å². The maximum atomic E-state index is 13.1. The summed E-state index contributed by atoms with van der Waals surface area (Å²) in [6, 6.07) is 6.45. The summed E-state index contributed by atoms with van der Waals surface area (Å²) < 4.78 is 13.1. The van der Waals surface area contributed by atoms with Crippen molar-refractivity contribution in [3.63, 3.8) is 0 Å². The summed E-state index contributed by atoms with van der Waals surface area (Å²) in [7, 11) is 0. The fourth-order valence-corrected chi connectivity index (χ4v) is 3.05. The molecule has 1 aliphatic heterocycles. The molecular weight excluding hydrogens is 297 g/mol. The number of anilines is 1. The molecule has 1 aromatic heterocycles. The molecule has 0 bridgehead atoms. The van der Waals surface area contributed by atoms with Crippen LogP contribution < -0.4 is 5.73 Å². The van der Waals surface area contributed by atoms with Crippen LogP contribution >= 0.6 is 0 Å². The number of H-pyrrole nitrogens is 1. The van der Waals surface area contributed by atoms with Crippen molar-refractivity contribution in [2.45, 2.75) is 38.1 Å². The van der Waals surface area contributed by atoms with Crippen molar-refractivity contribution in [3.05, 3.63) is 41.5 Å². The van der Waals surface area contributed by atoms with E-state index in [9.17, 15) is 9.18 Å². The first-order chi connectivity index (χ1) is 11.1. The van der Waals surface area contributed by atoms with Crippen molar-refractivity contribution < 1.29 is 9.18 Å². The monoisotopic (exact) mass is 317 g/mol. The number of nitrogen functional groups attached to an aromatic ring is 1. The van der Waals surface area contributed by atoms with E-state index in [2.05, 4.69) is 15.2 Å². The van der Waals surface area contributed by atoms with Crippen molar-refractivity contribution in [1.82, 2.24) is 20.1 Å². The number of hydrogen-bond acceptors (Lipinski definition) is 4. The van der Waals surface area contributed by atoms with Gasteiger partial charge in [0.05, 0.1) is 6.04 Å². The van der Waals surface area contributed by atoms with Gasteiger partial charge in [-0.1, -0.05) is 12.1 Å². The number of hydrogen-bond donors (Lipinski definition) is 2. The topological polar surface area (TPSA) is 87.9 Å². The standard InChI is InChI=1S/C16H20FN5O/c17-12-6-4-11(5-7-12)13-3-1-2-10-22(13)15(23)9-8-14-19-16(18)21-20-14/h4-7,13H,1-3,8-10H2,(H3,18,19,20,21). The first-order valence-electron chi connectivity index (χ1n) is 7.85. The maximum Gasteiger partial charge on any atom is 0.239 e. The van der Waals surface area contributed by atoms with E-state index in [0.717, 1.165) is 31.4 Å². The lowest BCUT2D eigenvalue weighted by molar-refractivity contribution is -0.135. The fraction of sp³-hybridized carbons (Fsp3) is 0.438. The van der Waals surface area contributed by atoms with E-state index in [1.54, 1.807) is 12.1 Å². The van der Waals surface area contributed by atoms with E-state index in [4.69, 9.17) is 5.73 Å². The second-order valence-corrected chi connectivity index (χ2v) is 5.79. The maximum absolute atomic E-state index is 13.1. The highest BCUT2D eigenvalue weighted by Crippen LogP contribution is 2.31. The molecule has 0 saturated carbocycles. The lowest BCUT2D eigenvalue weighted by Crippen LogP contribution is -2.38. The summed E-state index contributed by atoms with van der Waals surface area (Å²) in [5.74, 6) is 0.625. The van der Waals surface area contributed by atoms with Gasteiger partial charge in [-0.05, 0) is 37.0 Å². The number of benzene rings is 1. The van der Waals surface area contributed by atoms with E-state index >= 15 is 0 Å². The van der Waals surface area contributed by atoms with Crippen LogP contribution in [0.25, 0.3) is 0 Å². The molecule has 122 valence electrons. The average Bonchev–Trinajstić information content (AvgIpc) is 2.99. The molecule has 3 rings (SSSR count). The molecule has 3 N–H and O–H groups in total. The van der Waals surface area contributed by atoms with Gasteiger partial charge >= 0.3 is 0 Å². The molecule has 1 aromatic carbocycles. The molecule has 1 amide bonds. The third-order valence-corrected chi connectivity index (χ3v) is 4.20. The molecule has 23 heavy (non-hydrogen) atoms. The van der Waals surface area contributed by atoms with Crippen LogP contribution in [0.15, 0.2) is 24.3 Å². The van der Waals surface area contributed by atoms with Gasteiger partial charge in [0.15, 0.2) is 0 Å². The number of nitrogens with two attached hydrogens (primary N) is 1. The molecule has 1 aliphatic rings. The highest BCUT2D eigenvalue weighted by atomic mass is 19.1. The molecule has 0 spiro atoms. The first kappa shape index (κ1) is 15.5. The van der Waals surface area contributed by atoms with Crippen molar-refractivity contribution in [2.24, 2.45) is 0 Å². The minimum absolute atomic E-state index is 0.0247. The van der Waals surface area contributed by atoms with Crippen LogP contribution in [-0.4, -0.2) is 32.5 Å². The third-order valence-electron chi connectivity index (χ3n) is 4.20. The number of piperidine rings is 1. The van der Waals surface area contributed by atoms with E-state index in [1.165, 1.54) is 12.1 Å². The van der Waals surface area contributed by atoms with Gasteiger partial charge in [0.25, 0.3) is 0 Å². The fourth-order valence-electron chi connectivity index (χ4n) is 3.05. The Hall–Kier alpha value is -2.44. The summed E-state index contributed by atoms with van der Waals surface area (Å²) in [5, 5.41) is 6.47. The minimum atomic E-state index is -0.259. The number of likely N-dealkylation sites (tertiary alicyclic amines) is 1. The van der Waals surface area contributed by atoms with Gasteiger partial charge in [-0.3, -0.25) is 9.89 Å². The average molecular weight is 317 g/mol. The molecule has 0 aliphatic carbocycles. The number of carbonyl (C=O) groups is 1. The number of halogens is 1. The molecule has 2 aromatic rings. The van der Waals surface area contributed by atoms with E-state index in [1.807, 2.05) is 4.90 Å². The summed E-state index contributed by atoms with van der Waals surface area (Å²) in [4.78, 5) is 18.5. The molecule has 1 atom stereocenters. The number of carbonyl (C=O) groups excluding carboxylic acids is 1. The Kier molecular flexibility index (Phi) is 4.55. The number of aromatic nitrogens is 3. The van der Waals surface area contributed by atoms with Gasteiger partial charge in [0.1, 0.15) is 11.6 Å². The highest BCUT2D eigenvalue weighted by Gasteiger charge is 2.27. The van der Waals surface area contributed by atoms with Crippen LogP contribution in [0.4, 0.5) is 10.3 Å². The van der Waals surface area contributed by atoms with Gasteiger partial charge < -0.3 is 10.6 Å². The summed E-state index contributed by atoms with van der Waals surface area (Å²) in [5.41, 5.74) is 6.45. The van der Waals surface area contributed by atoms with E-state index < -0.39 is 0 Å². The molecule has 6 nitrogen and oxygen atoms in total. The molecule has 0 radical (unpaired) electrons. The molecule has 2 heterocycles. The zero-order valence-electron chi connectivity index (χ0n) is 12.8. The molecule has 7 heteroatoms. The Morgan fingerprint density at radius 3 is 2.83 bits per heavy atom. The number of aromatic amines is 1. The predicted molar refractivity (Wildman–Crippen MR) is 83.8 cm³/mol. The predicted octanol–water partition coefficient (Wildman–Crippen LogP) is 2.21. The number of rotatable bonds is 4. The van der Waals surface area contributed by atoms with Crippen molar-refractivity contribution in [2.75, 3.05) is 12.3 Å². The molecule has 1 fully saturated rings. The van der Waals surface area contributed by atoms with Gasteiger partial charge in [0, 0.05) is 19.4 Å². The summed E-state index contributed by atoms with van der Waals surface area (Å²) in [6.07, 6.45) is 3.82. The van der Waals surface area contributed by atoms with Gasteiger partial charge in [0.2, 0.25) is 11.9 Å². The number of amides is 1. The molecule has 1 unspecified atom stereocenters. The van der Waals surface area contributed by atoms with Crippen LogP contribution in [0.2, 0.25) is 0 Å². The highest BCUT2D eigenvalue weighted by molar-refractivity contribution is 5.77. The normalized spacial score (nSPS) is 18.1. The Labute approximate surface area is 133 Å². The van der Waals surface area contributed by atoms with Crippen molar-refractivity contribution in [1.29, 1.82) is 0 Å². The third kappa shape index (κ3) is 3.67. The smallest absolute Gasteiger partial charge is 0.239 e. The first-order valence-corrected chi connectivity index (χ1v) is 7.85. The Morgan fingerprint density at radius 1 is 1.35 bits per heavy atom. The quantitative estimate of drug-likeness (QED) is 0.905. The van der Waals surface area contributed by atoms with E-state index in [0.29, 0.717) is 18.7 Å². The van der Waals surface area contributed by atoms with Crippen LogP contribution in [0.3, 0.4) is 0 Å². The number of aryl methyl sites for hydroxylation is 1. The number of nitrogens with one attached hydrogen (secondary N) is 1. The van der Waals surface area contributed by atoms with Crippen molar-refractivity contribution in [3.8, 4) is 0 Å². The van der Waals surface area contributed by atoms with Crippen LogP contribution in [0.1, 0.15) is 43.1 Å². The molecular formula is C16H20FN5O. The molecule has 1 saturated heterocycles. The zero-order chi connectivity index (χ0) is 16.2. The largest absolute Gasteiger partial charge is 0.367 e. The zero-order valence-corrected chi connectivity index (χ0v) is 12.8. The summed E-state index contributed by atoms with van der Waals surface area (Å²) in [6.45, 7) is 0.736.